The Kier molecular flexibility index (Phi) is 4.21. The van der Waals surface area contributed by atoms with E-state index in [9.17, 15) is 0 Å². The quantitative estimate of drug-likeness (QED) is 0.778. The molecule has 0 saturated carbocycles. The fourth-order valence-corrected chi connectivity index (χ4v) is 1.74. The smallest absolute Gasteiger partial charge is 0.0876 e. The van der Waals surface area contributed by atoms with Gasteiger partial charge in [-0.2, -0.15) is 0 Å². The SMILES string of the molecule is CC(CC(N)C1=COCCC1)C(C)(C)C. The summed E-state index contributed by atoms with van der Waals surface area (Å²) >= 11 is 0. The van der Waals surface area contributed by atoms with Crippen molar-refractivity contribution in [3.63, 3.8) is 0 Å². The fraction of sp³-hybridized carbons (Fsp3) is 0.846. The van der Waals surface area contributed by atoms with Crippen molar-refractivity contribution in [2.24, 2.45) is 17.1 Å². The molecule has 1 aliphatic heterocycles. The summed E-state index contributed by atoms with van der Waals surface area (Å²) < 4.78 is 5.33. The van der Waals surface area contributed by atoms with Crippen molar-refractivity contribution >= 4 is 0 Å². The predicted molar refractivity (Wildman–Crippen MR) is 64.5 cm³/mol. The van der Waals surface area contributed by atoms with E-state index >= 15 is 0 Å². The first-order chi connectivity index (χ1) is 6.91. The van der Waals surface area contributed by atoms with Gasteiger partial charge in [0.2, 0.25) is 0 Å². The van der Waals surface area contributed by atoms with Gasteiger partial charge in [-0.05, 0) is 36.2 Å². The number of ether oxygens (including phenoxy) is 1. The molecule has 2 N–H and O–H groups in total. The molecule has 0 radical (unpaired) electrons. The van der Waals surface area contributed by atoms with Crippen molar-refractivity contribution in [3.8, 4) is 0 Å². The van der Waals surface area contributed by atoms with E-state index in [1.54, 1.807) is 0 Å². The first-order valence-electron chi connectivity index (χ1n) is 5.97. The van der Waals surface area contributed by atoms with Crippen LogP contribution in [0.25, 0.3) is 0 Å². The third-order valence-electron chi connectivity index (χ3n) is 3.52. The lowest BCUT2D eigenvalue weighted by atomic mass is 9.77. The zero-order valence-corrected chi connectivity index (χ0v) is 10.5. The van der Waals surface area contributed by atoms with Crippen LogP contribution < -0.4 is 5.73 Å². The summed E-state index contributed by atoms with van der Waals surface area (Å²) in [6, 6.07) is 0.180. The summed E-state index contributed by atoms with van der Waals surface area (Å²) in [7, 11) is 0. The zero-order chi connectivity index (χ0) is 11.5. The molecule has 2 heteroatoms. The molecule has 0 aliphatic carbocycles. The van der Waals surface area contributed by atoms with Gasteiger partial charge in [0.25, 0.3) is 0 Å². The summed E-state index contributed by atoms with van der Waals surface area (Å²) in [6.07, 6.45) is 5.16. The molecule has 2 nitrogen and oxygen atoms in total. The largest absolute Gasteiger partial charge is 0.501 e. The Labute approximate surface area is 93.9 Å². The van der Waals surface area contributed by atoms with Crippen molar-refractivity contribution in [2.45, 2.75) is 53.0 Å². The first-order valence-corrected chi connectivity index (χ1v) is 5.97. The lowest BCUT2D eigenvalue weighted by Gasteiger charge is -2.30. The van der Waals surface area contributed by atoms with Crippen LogP contribution in [-0.4, -0.2) is 12.6 Å². The molecule has 0 aromatic heterocycles. The molecule has 15 heavy (non-hydrogen) atoms. The van der Waals surface area contributed by atoms with Gasteiger partial charge < -0.3 is 10.5 Å². The molecule has 0 aromatic carbocycles. The molecule has 2 atom stereocenters. The molecule has 0 amide bonds. The Morgan fingerprint density at radius 1 is 1.47 bits per heavy atom. The standard InChI is InChI=1S/C13H25NO/c1-10(13(2,3)4)8-12(14)11-6-5-7-15-9-11/h9-10,12H,5-8,14H2,1-4H3. The van der Waals surface area contributed by atoms with Gasteiger partial charge >= 0.3 is 0 Å². The van der Waals surface area contributed by atoms with E-state index in [0.717, 1.165) is 25.9 Å². The Bertz CT molecular complexity index is 227. The lowest BCUT2D eigenvalue weighted by Crippen LogP contribution is -2.31. The van der Waals surface area contributed by atoms with Crippen molar-refractivity contribution in [3.05, 3.63) is 11.8 Å². The summed E-state index contributed by atoms with van der Waals surface area (Å²) in [4.78, 5) is 0. The molecule has 1 rings (SSSR count). The number of hydrogen-bond acceptors (Lipinski definition) is 2. The Hall–Kier alpha value is -0.500. The summed E-state index contributed by atoms with van der Waals surface area (Å²) in [6.45, 7) is 9.96. The van der Waals surface area contributed by atoms with Crippen molar-refractivity contribution in [2.75, 3.05) is 6.61 Å². The Balaban J connectivity index is 2.47. The summed E-state index contributed by atoms with van der Waals surface area (Å²) in [5.41, 5.74) is 7.83. The van der Waals surface area contributed by atoms with Crippen LogP contribution in [0.5, 0.6) is 0 Å². The van der Waals surface area contributed by atoms with Crippen LogP contribution in [0.2, 0.25) is 0 Å². The lowest BCUT2D eigenvalue weighted by molar-refractivity contribution is 0.209. The van der Waals surface area contributed by atoms with Crippen LogP contribution >= 0.6 is 0 Å². The van der Waals surface area contributed by atoms with E-state index in [-0.39, 0.29) is 6.04 Å². The highest BCUT2D eigenvalue weighted by molar-refractivity contribution is 5.09. The van der Waals surface area contributed by atoms with Gasteiger partial charge in [0, 0.05) is 6.04 Å². The van der Waals surface area contributed by atoms with Crippen LogP contribution in [0.15, 0.2) is 11.8 Å². The molecule has 88 valence electrons. The summed E-state index contributed by atoms with van der Waals surface area (Å²) in [5, 5.41) is 0. The van der Waals surface area contributed by atoms with Gasteiger partial charge in [-0.25, -0.2) is 0 Å². The van der Waals surface area contributed by atoms with E-state index in [1.165, 1.54) is 5.57 Å². The average Bonchev–Trinajstić information content (AvgIpc) is 2.17. The first kappa shape index (κ1) is 12.6. The third-order valence-corrected chi connectivity index (χ3v) is 3.52. The van der Waals surface area contributed by atoms with Gasteiger partial charge in [0.1, 0.15) is 0 Å². The van der Waals surface area contributed by atoms with Gasteiger partial charge in [-0.15, -0.1) is 0 Å². The van der Waals surface area contributed by atoms with Crippen molar-refractivity contribution in [1.82, 2.24) is 0 Å². The van der Waals surface area contributed by atoms with Crippen molar-refractivity contribution < 1.29 is 4.74 Å². The van der Waals surface area contributed by atoms with Crippen LogP contribution in [-0.2, 0) is 4.74 Å². The van der Waals surface area contributed by atoms with E-state index in [4.69, 9.17) is 10.5 Å². The highest BCUT2D eigenvalue weighted by atomic mass is 16.5. The monoisotopic (exact) mass is 211 g/mol. The van der Waals surface area contributed by atoms with Crippen molar-refractivity contribution in [1.29, 1.82) is 0 Å². The predicted octanol–water partition coefficient (Wildman–Crippen LogP) is 3.08. The van der Waals surface area contributed by atoms with Gasteiger partial charge in [0.05, 0.1) is 12.9 Å². The Morgan fingerprint density at radius 3 is 2.60 bits per heavy atom. The maximum Gasteiger partial charge on any atom is 0.0876 e. The molecule has 2 unspecified atom stereocenters. The van der Waals surface area contributed by atoms with Crippen LogP contribution in [0, 0.1) is 11.3 Å². The molecule has 0 saturated heterocycles. The molecule has 1 aliphatic rings. The second kappa shape index (κ2) is 5.02. The highest BCUT2D eigenvalue weighted by Gasteiger charge is 2.24. The minimum Gasteiger partial charge on any atom is -0.501 e. The molecular formula is C13H25NO. The van der Waals surface area contributed by atoms with Crippen LogP contribution in [0.1, 0.15) is 47.0 Å². The van der Waals surface area contributed by atoms with E-state index in [2.05, 4.69) is 27.7 Å². The fourth-order valence-electron chi connectivity index (χ4n) is 1.74. The minimum absolute atomic E-state index is 0.180. The molecule has 0 bridgehead atoms. The van der Waals surface area contributed by atoms with Gasteiger partial charge in [0.15, 0.2) is 0 Å². The molecule has 1 heterocycles. The molecule has 0 spiro atoms. The average molecular weight is 211 g/mol. The minimum atomic E-state index is 0.180. The number of rotatable bonds is 3. The second-order valence-corrected chi connectivity index (χ2v) is 5.78. The normalized spacial score (nSPS) is 21.5. The Morgan fingerprint density at radius 2 is 2.13 bits per heavy atom. The highest BCUT2D eigenvalue weighted by Crippen LogP contribution is 2.30. The molecule has 0 fully saturated rings. The van der Waals surface area contributed by atoms with E-state index in [1.807, 2.05) is 6.26 Å². The van der Waals surface area contributed by atoms with Crippen LogP contribution in [0.3, 0.4) is 0 Å². The maximum atomic E-state index is 6.20. The second-order valence-electron chi connectivity index (χ2n) is 5.78. The number of nitrogens with two attached hydrogens (primary N) is 1. The van der Waals surface area contributed by atoms with Gasteiger partial charge in [-0.3, -0.25) is 0 Å². The summed E-state index contributed by atoms with van der Waals surface area (Å²) in [5.74, 6) is 0.635. The van der Waals surface area contributed by atoms with Crippen LogP contribution in [0.4, 0.5) is 0 Å². The maximum absolute atomic E-state index is 6.20. The number of hydrogen-bond donors (Lipinski definition) is 1. The molecule has 0 aromatic rings. The molecular weight excluding hydrogens is 186 g/mol. The topological polar surface area (TPSA) is 35.2 Å². The van der Waals surface area contributed by atoms with E-state index in [0.29, 0.717) is 11.3 Å². The van der Waals surface area contributed by atoms with Gasteiger partial charge in [-0.1, -0.05) is 27.7 Å². The zero-order valence-electron chi connectivity index (χ0n) is 10.5. The van der Waals surface area contributed by atoms with E-state index < -0.39 is 0 Å². The third kappa shape index (κ3) is 3.86.